The Kier molecular flexibility index (Phi) is 5.01. The standard InChI is InChI=1S/C18H23N3O/c1-15(17-8-3-2-4-9-17)21-12-5-7-16(13-21)14-22-18-19-10-6-11-20-18/h2-4,6,8-11,15-16H,5,7,12-14H2,1H3. The summed E-state index contributed by atoms with van der Waals surface area (Å²) in [5.74, 6) is 0.545. The molecule has 0 bridgehead atoms. The van der Waals surface area contributed by atoms with Crippen LogP contribution in [0.1, 0.15) is 31.4 Å². The average Bonchev–Trinajstić information content (AvgIpc) is 2.61. The van der Waals surface area contributed by atoms with Gasteiger partial charge in [-0.05, 0) is 37.9 Å². The number of piperidine rings is 1. The van der Waals surface area contributed by atoms with E-state index in [1.165, 1.54) is 18.4 Å². The average molecular weight is 297 g/mol. The van der Waals surface area contributed by atoms with E-state index in [0.29, 0.717) is 24.6 Å². The second-order valence-corrected chi connectivity index (χ2v) is 5.93. The number of ether oxygens (including phenoxy) is 1. The molecule has 1 aromatic carbocycles. The van der Waals surface area contributed by atoms with E-state index < -0.39 is 0 Å². The fourth-order valence-corrected chi connectivity index (χ4v) is 3.08. The summed E-state index contributed by atoms with van der Waals surface area (Å²) in [5.41, 5.74) is 1.38. The lowest BCUT2D eigenvalue weighted by Gasteiger charge is -2.36. The van der Waals surface area contributed by atoms with Crippen LogP contribution in [0.5, 0.6) is 6.01 Å². The second-order valence-electron chi connectivity index (χ2n) is 5.93. The highest BCUT2D eigenvalue weighted by Crippen LogP contribution is 2.26. The predicted molar refractivity (Wildman–Crippen MR) is 86.7 cm³/mol. The first-order chi connectivity index (χ1) is 10.8. The number of benzene rings is 1. The van der Waals surface area contributed by atoms with Gasteiger partial charge in [0.25, 0.3) is 0 Å². The van der Waals surface area contributed by atoms with Crippen molar-refractivity contribution in [2.24, 2.45) is 5.92 Å². The maximum atomic E-state index is 5.73. The van der Waals surface area contributed by atoms with E-state index in [0.717, 1.165) is 13.1 Å². The number of aromatic nitrogens is 2. The SMILES string of the molecule is CC(c1ccccc1)N1CCCC(COc2ncccn2)C1. The minimum atomic E-state index is 0.456. The van der Waals surface area contributed by atoms with E-state index in [4.69, 9.17) is 4.74 Å². The molecular weight excluding hydrogens is 274 g/mol. The third-order valence-electron chi connectivity index (χ3n) is 4.37. The molecule has 1 aliphatic heterocycles. The van der Waals surface area contributed by atoms with Crippen molar-refractivity contribution >= 4 is 0 Å². The highest BCUT2D eigenvalue weighted by Gasteiger charge is 2.24. The molecule has 4 heteroatoms. The van der Waals surface area contributed by atoms with Gasteiger partial charge >= 0.3 is 6.01 Å². The summed E-state index contributed by atoms with van der Waals surface area (Å²) >= 11 is 0. The van der Waals surface area contributed by atoms with Gasteiger partial charge in [0.1, 0.15) is 0 Å². The van der Waals surface area contributed by atoms with Crippen molar-refractivity contribution < 1.29 is 4.74 Å². The van der Waals surface area contributed by atoms with Crippen LogP contribution < -0.4 is 4.74 Å². The molecular formula is C18H23N3O. The predicted octanol–water partition coefficient (Wildman–Crippen LogP) is 3.33. The summed E-state index contributed by atoms with van der Waals surface area (Å²) in [5, 5.41) is 0. The van der Waals surface area contributed by atoms with Gasteiger partial charge in [0.15, 0.2) is 0 Å². The van der Waals surface area contributed by atoms with Gasteiger partial charge in [0.05, 0.1) is 6.61 Å². The Morgan fingerprint density at radius 1 is 1.18 bits per heavy atom. The van der Waals surface area contributed by atoms with Crippen LogP contribution in [-0.4, -0.2) is 34.6 Å². The number of likely N-dealkylation sites (tertiary alicyclic amines) is 1. The molecule has 0 N–H and O–H groups in total. The number of hydrogen-bond acceptors (Lipinski definition) is 4. The molecule has 0 aliphatic carbocycles. The summed E-state index contributed by atoms with van der Waals surface area (Å²) in [6.07, 6.45) is 5.87. The van der Waals surface area contributed by atoms with Crippen LogP contribution in [0.3, 0.4) is 0 Å². The highest BCUT2D eigenvalue weighted by atomic mass is 16.5. The summed E-state index contributed by atoms with van der Waals surface area (Å²) < 4.78 is 5.73. The van der Waals surface area contributed by atoms with Crippen LogP contribution in [0, 0.1) is 5.92 Å². The molecule has 116 valence electrons. The van der Waals surface area contributed by atoms with Gasteiger partial charge in [-0.1, -0.05) is 30.3 Å². The molecule has 4 nitrogen and oxygen atoms in total. The van der Waals surface area contributed by atoms with Gasteiger partial charge in [-0.25, -0.2) is 9.97 Å². The third kappa shape index (κ3) is 3.83. The zero-order chi connectivity index (χ0) is 15.2. The lowest BCUT2D eigenvalue weighted by Crippen LogP contribution is -2.39. The molecule has 2 unspecified atom stereocenters. The number of nitrogens with zero attached hydrogens (tertiary/aromatic N) is 3. The summed E-state index contributed by atoms with van der Waals surface area (Å²) in [6, 6.07) is 13.5. The Morgan fingerprint density at radius 3 is 2.73 bits per heavy atom. The fourth-order valence-electron chi connectivity index (χ4n) is 3.08. The Labute approximate surface area is 132 Å². The van der Waals surface area contributed by atoms with E-state index in [1.54, 1.807) is 18.5 Å². The monoisotopic (exact) mass is 297 g/mol. The van der Waals surface area contributed by atoms with Gasteiger partial charge in [0.2, 0.25) is 0 Å². The van der Waals surface area contributed by atoms with E-state index in [2.05, 4.69) is 52.1 Å². The van der Waals surface area contributed by atoms with Crippen molar-refractivity contribution in [3.05, 3.63) is 54.4 Å². The maximum Gasteiger partial charge on any atom is 0.316 e. The first-order valence-corrected chi connectivity index (χ1v) is 8.02. The van der Waals surface area contributed by atoms with Crippen LogP contribution in [0.15, 0.2) is 48.8 Å². The number of rotatable bonds is 5. The second kappa shape index (κ2) is 7.36. The molecule has 1 aliphatic rings. The van der Waals surface area contributed by atoms with E-state index >= 15 is 0 Å². The highest BCUT2D eigenvalue weighted by molar-refractivity contribution is 5.18. The molecule has 3 rings (SSSR count). The van der Waals surface area contributed by atoms with Crippen molar-refractivity contribution in [3.63, 3.8) is 0 Å². The first-order valence-electron chi connectivity index (χ1n) is 8.02. The zero-order valence-corrected chi connectivity index (χ0v) is 13.1. The van der Waals surface area contributed by atoms with Crippen LogP contribution in [0.4, 0.5) is 0 Å². The lowest BCUT2D eigenvalue weighted by atomic mass is 9.96. The van der Waals surface area contributed by atoms with Crippen molar-refractivity contribution in [2.45, 2.75) is 25.8 Å². The Hall–Kier alpha value is -1.94. The fraction of sp³-hybridized carbons (Fsp3) is 0.444. The number of hydrogen-bond donors (Lipinski definition) is 0. The van der Waals surface area contributed by atoms with Crippen molar-refractivity contribution in [2.75, 3.05) is 19.7 Å². The lowest BCUT2D eigenvalue weighted by molar-refractivity contribution is 0.0976. The molecule has 2 heterocycles. The molecule has 1 saturated heterocycles. The molecule has 0 saturated carbocycles. The Morgan fingerprint density at radius 2 is 1.95 bits per heavy atom. The first kappa shape index (κ1) is 15.0. The van der Waals surface area contributed by atoms with Crippen molar-refractivity contribution in [1.29, 1.82) is 0 Å². The smallest absolute Gasteiger partial charge is 0.316 e. The van der Waals surface area contributed by atoms with Gasteiger partial charge in [-0.15, -0.1) is 0 Å². The molecule has 22 heavy (non-hydrogen) atoms. The Balaban J connectivity index is 1.55. The van der Waals surface area contributed by atoms with Gasteiger partial charge in [0, 0.05) is 30.9 Å². The molecule has 0 radical (unpaired) electrons. The summed E-state index contributed by atoms with van der Waals surface area (Å²) in [4.78, 5) is 10.8. The largest absolute Gasteiger partial charge is 0.463 e. The normalized spacial score (nSPS) is 20.5. The Bertz CT molecular complexity index is 561. The van der Waals surface area contributed by atoms with Gasteiger partial charge in [-0.2, -0.15) is 0 Å². The minimum Gasteiger partial charge on any atom is -0.463 e. The summed E-state index contributed by atoms with van der Waals surface area (Å²) in [6.45, 7) is 5.22. The topological polar surface area (TPSA) is 38.2 Å². The van der Waals surface area contributed by atoms with Gasteiger partial charge in [-0.3, -0.25) is 4.90 Å². The molecule has 1 fully saturated rings. The van der Waals surface area contributed by atoms with E-state index in [9.17, 15) is 0 Å². The van der Waals surface area contributed by atoms with Crippen LogP contribution in [0.25, 0.3) is 0 Å². The zero-order valence-electron chi connectivity index (χ0n) is 13.1. The molecule has 1 aromatic heterocycles. The third-order valence-corrected chi connectivity index (χ3v) is 4.37. The molecule has 2 aromatic rings. The van der Waals surface area contributed by atoms with E-state index in [1.807, 2.05) is 0 Å². The quantitative estimate of drug-likeness (QED) is 0.848. The molecule has 0 spiro atoms. The minimum absolute atomic E-state index is 0.456. The van der Waals surface area contributed by atoms with Crippen LogP contribution >= 0.6 is 0 Å². The molecule has 0 amide bonds. The summed E-state index contributed by atoms with van der Waals surface area (Å²) in [7, 11) is 0. The van der Waals surface area contributed by atoms with Crippen molar-refractivity contribution in [1.82, 2.24) is 14.9 Å². The van der Waals surface area contributed by atoms with Gasteiger partial charge < -0.3 is 4.74 Å². The van der Waals surface area contributed by atoms with Crippen LogP contribution in [-0.2, 0) is 0 Å². The van der Waals surface area contributed by atoms with E-state index in [-0.39, 0.29) is 0 Å². The van der Waals surface area contributed by atoms with Crippen molar-refractivity contribution in [3.8, 4) is 6.01 Å². The molecule has 2 atom stereocenters. The maximum absolute atomic E-state index is 5.73. The van der Waals surface area contributed by atoms with Crippen LogP contribution in [0.2, 0.25) is 0 Å².